The molecule has 2 nitrogen and oxygen atoms in total. The number of nitrogens with one attached hydrogen (secondary N) is 1. The van der Waals surface area contributed by atoms with Gasteiger partial charge in [0.2, 0.25) is 0 Å². The summed E-state index contributed by atoms with van der Waals surface area (Å²) < 4.78 is 18.8. The lowest BCUT2D eigenvalue weighted by Gasteiger charge is -2.19. The number of hydrogen-bond acceptors (Lipinski definition) is 2. The van der Waals surface area contributed by atoms with E-state index in [1.54, 1.807) is 12.1 Å². The highest BCUT2D eigenvalue weighted by molar-refractivity contribution is 5.32. The quantitative estimate of drug-likeness (QED) is 0.866. The summed E-state index contributed by atoms with van der Waals surface area (Å²) in [6.07, 6.45) is 0.834. The zero-order valence-electron chi connectivity index (χ0n) is 11.9. The number of ether oxygens (including phenoxy) is 1. The highest BCUT2D eigenvalue weighted by Gasteiger charge is 2.13. The molecule has 2 aromatic carbocycles. The summed E-state index contributed by atoms with van der Waals surface area (Å²) in [5.41, 5.74) is 2.17. The molecule has 0 aromatic heterocycles. The normalized spacial score (nSPS) is 12.2. The van der Waals surface area contributed by atoms with Gasteiger partial charge in [0.05, 0.1) is 7.11 Å². The Labute approximate surface area is 119 Å². The summed E-state index contributed by atoms with van der Waals surface area (Å²) in [5.74, 6) is -0.0373. The van der Waals surface area contributed by atoms with Crippen molar-refractivity contribution in [3.8, 4) is 5.75 Å². The van der Waals surface area contributed by atoms with E-state index in [0.717, 1.165) is 18.5 Å². The van der Waals surface area contributed by atoms with Gasteiger partial charge in [0.25, 0.3) is 0 Å². The zero-order chi connectivity index (χ0) is 14.4. The minimum atomic E-state index is -0.319. The van der Waals surface area contributed by atoms with Crippen molar-refractivity contribution in [2.24, 2.45) is 0 Å². The molecule has 0 saturated heterocycles. The second kappa shape index (κ2) is 7.06. The maximum absolute atomic E-state index is 13.8. The lowest BCUT2D eigenvalue weighted by molar-refractivity contribution is 0.385. The molecule has 0 heterocycles. The third-order valence-electron chi connectivity index (χ3n) is 3.31. The van der Waals surface area contributed by atoms with Crippen LogP contribution in [-0.2, 0) is 6.42 Å². The van der Waals surface area contributed by atoms with Gasteiger partial charge in [0.1, 0.15) is 0 Å². The van der Waals surface area contributed by atoms with Crippen LogP contribution in [0.4, 0.5) is 4.39 Å². The summed E-state index contributed by atoms with van der Waals surface area (Å²) in [4.78, 5) is 0. The Morgan fingerprint density at radius 1 is 1.15 bits per heavy atom. The van der Waals surface area contributed by atoms with Crippen molar-refractivity contribution < 1.29 is 9.13 Å². The average Bonchev–Trinajstić information content (AvgIpc) is 2.48. The molecule has 2 rings (SSSR count). The van der Waals surface area contributed by atoms with E-state index in [1.807, 2.05) is 24.3 Å². The van der Waals surface area contributed by atoms with E-state index in [2.05, 4.69) is 24.4 Å². The van der Waals surface area contributed by atoms with Gasteiger partial charge in [-0.15, -0.1) is 0 Å². The van der Waals surface area contributed by atoms with Gasteiger partial charge in [0.15, 0.2) is 11.6 Å². The summed E-state index contributed by atoms with van der Waals surface area (Å²) in [5, 5.41) is 3.40. The van der Waals surface area contributed by atoms with Crippen LogP contribution in [0, 0.1) is 5.82 Å². The molecule has 0 bridgehead atoms. The fourth-order valence-electron chi connectivity index (χ4n) is 2.30. The molecule has 1 atom stereocenters. The predicted molar refractivity (Wildman–Crippen MR) is 79.5 cm³/mol. The van der Waals surface area contributed by atoms with Crippen LogP contribution in [0.5, 0.6) is 5.75 Å². The molecule has 0 aliphatic rings. The molecule has 0 fully saturated rings. The van der Waals surface area contributed by atoms with E-state index < -0.39 is 0 Å². The van der Waals surface area contributed by atoms with Gasteiger partial charge in [-0.2, -0.15) is 0 Å². The van der Waals surface area contributed by atoms with Crippen LogP contribution in [-0.4, -0.2) is 13.7 Å². The van der Waals surface area contributed by atoms with Crippen LogP contribution < -0.4 is 10.1 Å². The summed E-state index contributed by atoms with van der Waals surface area (Å²) in [6, 6.07) is 15.5. The molecule has 0 radical (unpaired) electrons. The molecule has 0 aliphatic heterocycles. The topological polar surface area (TPSA) is 21.3 Å². The van der Waals surface area contributed by atoms with Crippen molar-refractivity contribution in [3.05, 3.63) is 65.5 Å². The Kier molecular flexibility index (Phi) is 5.13. The minimum Gasteiger partial charge on any atom is -0.494 e. The zero-order valence-corrected chi connectivity index (χ0v) is 11.9. The molecular formula is C17H20FNO. The lowest BCUT2D eigenvalue weighted by Crippen LogP contribution is -2.23. The molecule has 0 aliphatic carbocycles. The van der Waals surface area contributed by atoms with Gasteiger partial charge < -0.3 is 10.1 Å². The molecular weight excluding hydrogens is 253 g/mol. The minimum absolute atomic E-state index is 0.0998. The summed E-state index contributed by atoms with van der Waals surface area (Å²) in [7, 11) is 1.48. The van der Waals surface area contributed by atoms with E-state index in [0.29, 0.717) is 0 Å². The van der Waals surface area contributed by atoms with Crippen molar-refractivity contribution in [3.63, 3.8) is 0 Å². The molecule has 2 aromatic rings. The monoisotopic (exact) mass is 273 g/mol. The van der Waals surface area contributed by atoms with Crippen molar-refractivity contribution in [1.82, 2.24) is 5.32 Å². The van der Waals surface area contributed by atoms with Crippen molar-refractivity contribution in [2.75, 3.05) is 13.7 Å². The highest BCUT2D eigenvalue weighted by Crippen LogP contribution is 2.24. The second-order valence-electron chi connectivity index (χ2n) is 4.69. The lowest BCUT2D eigenvalue weighted by atomic mass is 9.98. The van der Waals surface area contributed by atoms with Gasteiger partial charge in [0, 0.05) is 6.04 Å². The molecule has 1 unspecified atom stereocenters. The molecule has 20 heavy (non-hydrogen) atoms. The first-order valence-electron chi connectivity index (χ1n) is 6.85. The maximum atomic E-state index is 13.8. The van der Waals surface area contributed by atoms with Crippen LogP contribution in [0.15, 0.2) is 48.5 Å². The number of methoxy groups -OCH3 is 1. The first kappa shape index (κ1) is 14.5. The third kappa shape index (κ3) is 3.58. The van der Waals surface area contributed by atoms with Crippen molar-refractivity contribution in [2.45, 2.75) is 19.4 Å². The summed E-state index contributed by atoms with van der Waals surface area (Å²) >= 11 is 0. The Hall–Kier alpha value is -1.87. The van der Waals surface area contributed by atoms with Gasteiger partial charge >= 0.3 is 0 Å². The van der Waals surface area contributed by atoms with Crippen LogP contribution in [0.25, 0.3) is 0 Å². The van der Waals surface area contributed by atoms with Crippen molar-refractivity contribution in [1.29, 1.82) is 0 Å². The fraction of sp³-hybridized carbons (Fsp3) is 0.294. The number of benzene rings is 2. The van der Waals surface area contributed by atoms with Crippen molar-refractivity contribution >= 4 is 0 Å². The Morgan fingerprint density at radius 2 is 1.90 bits per heavy atom. The number of hydrogen-bond donors (Lipinski definition) is 1. The smallest absolute Gasteiger partial charge is 0.165 e. The third-order valence-corrected chi connectivity index (χ3v) is 3.31. The average molecular weight is 273 g/mol. The molecule has 0 amide bonds. The standard InChI is InChI=1S/C17H20FNO/c1-3-19-16(11-13-7-5-4-6-8-13)14-9-10-17(20-2)15(18)12-14/h4-10,12,16,19H,3,11H2,1-2H3. The van der Waals surface area contributed by atoms with E-state index >= 15 is 0 Å². The second-order valence-corrected chi connectivity index (χ2v) is 4.69. The Balaban J connectivity index is 2.22. The van der Waals surface area contributed by atoms with E-state index in [9.17, 15) is 4.39 Å². The first-order valence-corrected chi connectivity index (χ1v) is 6.85. The van der Waals surface area contributed by atoms with Gasteiger partial charge in [-0.3, -0.25) is 0 Å². The molecule has 0 spiro atoms. The van der Waals surface area contributed by atoms with Gasteiger partial charge in [-0.1, -0.05) is 43.3 Å². The number of rotatable bonds is 6. The fourth-order valence-corrected chi connectivity index (χ4v) is 2.30. The molecule has 106 valence electrons. The number of likely N-dealkylation sites (N-methyl/N-ethyl adjacent to an activating group) is 1. The van der Waals surface area contributed by atoms with Crippen LogP contribution in [0.3, 0.4) is 0 Å². The Morgan fingerprint density at radius 3 is 2.50 bits per heavy atom. The van der Waals surface area contributed by atoms with Crippen LogP contribution in [0.1, 0.15) is 24.1 Å². The predicted octanol–water partition coefficient (Wildman–Crippen LogP) is 3.73. The first-order chi connectivity index (χ1) is 9.74. The maximum Gasteiger partial charge on any atom is 0.165 e. The molecule has 3 heteroatoms. The van der Waals surface area contributed by atoms with Crippen LogP contribution >= 0.6 is 0 Å². The van der Waals surface area contributed by atoms with Gasteiger partial charge in [-0.25, -0.2) is 4.39 Å². The van der Waals surface area contributed by atoms with Gasteiger partial charge in [-0.05, 0) is 36.2 Å². The SMILES string of the molecule is CCNC(Cc1ccccc1)c1ccc(OC)c(F)c1. The number of halogens is 1. The Bertz CT molecular complexity index is 542. The van der Waals surface area contributed by atoms with E-state index in [4.69, 9.17) is 4.74 Å². The van der Waals surface area contributed by atoms with E-state index in [1.165, 1.54) is 12.7 Å². The molecule has 0 saturated carbocycles. The molecule has 1 N–H and O–H groups in total. The largest absolute Gasteiger partial charge is 0.494 e. The van der Waals surface area contributed by atoms with E-state index in [-0.39, 0.29) is 17.6 Å². The summed E-state index contributed by atoms with van der Waals surface area (Å²) in [6.45, 7) is 2.89. The van der Waals surface area contributed by atoms with Crippen LogP contribution in [0.2, 0.25) is 0 Å². The highest BCUT2D eigenvalue weighted by atomic mass is 19.1.